The van der Waals surface area contributed by atoms with Crippen LogP contribution in [0.5, 0.6) is 0 Å². The van der Waals surface area contributed by atoms with Crippen molar-refractivity contribution in [2.24, 2.45) is 5.92 Å². The van der Waals surface area contributed by atoms with Gasteiger partial charge < -0.3 is 19.8 Å². The number of furan rings is 1. The number of esters is 1. The normalized spacial score (nSPS) is 10.7. The van der Waals surface area contributed by atoms with Crippen LogP contribution in [0.2, 0.25) is 0 Å². The van der Waals surface area contributed by atoms with E-state index in [2.05, 4.69) is 29.2 Å². The van der Waals surface area contributed by atoms with E-state index in [0.29, 0.717) is 49.1 Å². The van der Waals surface area contributed by atoms with E-state index < -0.39 is 5.97 Å². The zero-order chi connectivity index (χ0) is 15.8. The van der Waals surface area contributed by atoms with Crippen molar-refractivity contribution in [3.05, 3.63) is 23.2 Å². The summed E-state index contributed by atoms with van der Waals surface area (Å²) in [7, 11) is 1.34. The van der Waals surface area contributed by atoms with E-state index >= 15 is 0 Å². The molecule has 1 rings (SSSR count). The third-order valence-corrected chi connectivity index (χ3v) is 2.91. The summed E-state index contributed by atoms with van der Waals surface area (Å²) in [6, 6.07) is 1.66. The van der Waals surface area contributed by atoms with Gasteiger partial charge in [-0.2, -0.15) is 0 Å². The Kier molecular flexibility index (Phi) is 6.94. The lowest BCUT2D eigenvalue weighted by molar-refractivity contribution is -0.121. The van der Waals surface area contributed by atoms with E-state index in [4.69, 9.17) is 4.42 Å². The molecule has 0 saturated carbocycles. The summed E-state index contributed by atoms with van der Waals surface area (Å²) in [6.07, 6.45) is 0.413. The number of amides is 1. The van der Waals surface area contributed by atoms with Crippen LogP contribution < -0.4 is 10.6 Å². The summed E-state index contributed by atoms with van der Waals surface area (Å²) < 4.78 is 10.1. The number of hydrogen-bond acceptors (Lipinski definition) is 5. The second-order valence-electron chi connectivity index (χ2n) is 5.30. The summed E-state index contributed by atoms with van der Waals surface area (Å²) in [5.74, 6) is 1.26. The first-order valence-electron chi connectivity index (χ1n) is 7.09. The van der Waals surface area contributed by atoms with E-state index in [0.717, 1.165) is 0 Å². The molecule has 1 heterocycles. The van der Waals surface area contributed by atoms with Gasteiger partial charge in [-0.15, -0.1) is 0 Å². The monoisotopic (exact) mass is 296 g/mol. The fourth-order valence-corrected chi connectivity index (χ4v) is 1.76. The Balaban J connectivity index is 2.30. The first kappa shape index (κ1) is 17.2. The highest BCUT2D eigenvalue weighted by molar-refractivity contribution is 5.90. The van der Waals surface area contributed by atoms with Gasteiger partial charge >= 0.3 is 5.97 Å². The summed E-state index contributed by atoms with van der Waals surface area (Å²) in [5.41, 5.74) is 0.434. The predicted molar refractivity (Wildman–Crippen MR) is 79.0 cm³/mol. The quantitative estimate of drug-likeness (QED) is 0.563. The lowest BCUT2D eigenvalue weighted by Crippen LogP contribution is -2.30. The number of rotatable bonds is 8. The van der Waals surface area contributed by atoms with Crippen LogP contribution in [-0.4, -0.2) is 32.1 Å². The Labute approximate surface area is 125 Å². The summed E-state index contributed by atoms with van der Waals surface area (Å²) >= 11 is 0. The first-order chi connectivity index (χ1) is 9.93. The van der Waals surface area contributed by atoms with Crippen LogP contribution in [0.3, 0.4) is 0 Å². The van der Waals surface area contributed by atoms with Crippen molar-refractivity contribution in [2.45, 2.75) is 33.7 Å². The van der Waals surface area contributed by atoms with Gasteiger partial charge in [0.1, 0.15) is 17.1 Å². The summed E-state index contributed by atoms with van der Waals surface area (Å²) in [4.78, 5) is 22.9. The maximum absolute atomic E-state index is 11.5. The van der Waals surface area contributed by atoms with E-state index in [1.54, 1.807) is 13.0 Å². The van der Waals surface area contributed by atoms with Crippen molar-refractivity contribution in [3.63, 3.8) is 0 Å². The lowest BCUT2D eigenvalue weighted by atomic mass is 10.2. The molecule has 1 aromatic rings. The Bertz CT molecular complexity index is 480. The van der Waals surface area contributed by atoms with Crippen molar-refractivity contribution in [2.75, 3.05) is 20.2 Å². The van der Waals surface area contributed by atoms with Gasteiger partial charge in [0.25, 0.3) is 0 Å². The van der Waals surface area contributed by atoms with Gasteiger partial charge in [0.05, 0.1) is 13.7 Å². The van der Waals surface area contributed by atoms with Crippen LogP contribution in [0.4, 0.5) is 0 Å². The van der Waals surface area contributed by atoms with Crippen LogP contribution in [-0.2, 0) is 16.1 Å². The first-order valence-corrected chi connectivity index (χ1v) is 7.09. The number of carbonyl (C=O) groups is 2. The highest BCUT2D eigenvalue weighted by Crippen LogP contribution is 2.15. The van der Waals surface area contributed by atoms with Gasteiger partial charge in [0, 0.05) is 19.5 Å². The number of nitrogens with one attached hydrogen (secondary N) is 2. The van der Waals surface area contributed by atoms with Gasteiger partial charge in [-0.3, -0.25) is 4.79 Å². The van der Waals surface area contributed by atoms with Crippen LogP contribution in [0, 0.1) is 12.8 Å². The Hall–Kier alpha value is -1.82. The number of ether oxygens (including phenoxy) is 1. The second kappa shape index (κ2) is 8.46. The highest BCUT2D eigenvalue weighted by atomic mass is 16.5. The molecule has 0 radical (unpaired) electrons. The fourth-order valence-electron chi connectivity index (χ4n) is 1.76. The fraction of sp³-hybridized carbons (Fsp3) is 0.600. The van der Waals surface area contributed by atoms with Crippen molar-refractivity contribution >= 4 is 11.9 Å². The summed E-state index contributed by atoms with van der Waals surface area (Å²) in [5, 5.41) is 5.96. The number of hydrogen-bond donors (Lipinski definition) is 2. The number of methoxy groups -OCH3 is 1. The summed E-state index contributed by atoms with van der Waals surface area (Å²) in [6.45, 7) is 7.54. The standard InChI is InChI=1S/C15H24N2O4/c1-10(2)8-17-14(18)5-6-16-9-12-7-13(11(3)21-12)15(19)20-4/h7,10,16H,5-6,8-9H2,1-4H3,(H,17,18). The van der Waals surface area contributed by atoms with E-state index in [1.165, 1.54) is 7.11 Å². The Morgan fingerprint density at radius 3 is 2.71 bits per heavy atom. The van der Waals surface area contributed by atoms with Crippen molar-refractivity contribution in [3.8, 4) is 0 Å². The maximum atomic E-state index is 11.5. The lowest BCUT2D eigenvalue weighted by Gasteiger charge is -2.07. The molecule has 1 aromatic heterocycles. The predicted octanol–water partition coefficient (Wildman–Crippen LogP) is 1.63. The molecule has 0 unspecified atom stereocenters. The van der Waals surface area contributed by atoms with Gasteiger partial charge in [0.2, 0.25) is 5.91 Å². The van der Waals surface area contributed by atoms with E-state index in [-0.39, 0.29) is 5.91 Å². The van der Waals surface area contributed by atoms with Crippen LogP contribution in [0.1, 0.15) is 42.1 Å². The molecule has 21 heavy (non-hydrogen) atoms. The molecule has 118 valence electrons. The Morgan fingerprint density at radius 1 is 1.38 bits per heavy atom. The molecule has 1 amide bonds. The van der Waals surface area contributed by atoms with Gasteiger partial charge in [0.15, 0.2) is 0 Å². The highest BCUT2D eigenvalue weighted by Gasteiger charge is 2.14. The number of carbonyl (C=O) groups excluding carboxylic acids is 2. The molecule has 0 aliphatic rings. The molecule has 0 bridgehead atoms. The molecule has 0 aromatic carbocycles. The minimum atomic E-state index is -0.407. The third-order valence-electron chi connectivity index (χ3n) is 2.91. The number of aryl methyl sites for hydroxylation is 1. The molecule has 0 saturated heterocycles. The maximum Gasteiger partial charge on any atom is 0.341 e. The molecule has 0 fully saturated rings. The molecule has 0 spiro atoms. The average Bonchev–Trinajstić information content (AvgIpc) is 2.81. The zero-order valence-electron chi connectivity index (χ0n) is 13.1. The SMILES string of the molecule is COC(=O)c1cc(CNCCC(=O)NCC(C)C)oc1C. The molecule has 0 aliphatic carbocycles. The van der Waals surface area contributed by atoms with Crippen molar-refractivity contribution in [1.29, 1.82) is 0 Å². The molecule has 6 nitrogen and oxygen atoms in total. The van der Waals surface area contributed by atoms with E-state index in [1.807, 2.05) is 0 Å². The van der Waals surface area contributed by atoms with Gasteiger partial charge in [-0.1, -0.05) is 13.8 Å². The average molecular weight is 296 g/mol. The third kappa shape index (κ3) is 5.99. The zero-order valence-corrected chi connectivity index (χ0v) is 13.1. The van der Waals surface area contributed by atoms with Gasteiger partial charge in [-0.25, -0.2) is 4.79 Å². The molecular weight excluding hydrogens is 272 g/mol. The molecular formula is C15H24N2O4. The second-order valence-corrected chi connectivity index (χ2v) is 5.30. The van der Waals surface area contributed by atoms with Crippen LogP contribution >= 0.6 is 0 Å². The van der Waals surface area contributed by atoms with E-state index in [9.17, 15) is 9.59 Å². The smallest absolute Gasteiger partial charge is 0.341 e. The minimum Gasteiger partial charge on any atom is -0.465 e. The van der Waals surface area contributed by atoms with Gasteiger partial charge in [-0.05, 0) is 18.9 Å². The van der Waals surface area contributed by atoms with Crippen LogP contribution in [0.25, 0.3) is 0 Å². The molecule has 0 aliphatic heterocycles. The Morgan fingerprint density at radius 2 is 2.10 bits per heavy atom. The topological polar surface area (TPSA) is 80.6 Å². The minimum absolute atomic E-state index is 0.0297. The van der Waals surface area contributed by atoms with Crippen molar-refractivity contribution in [1.82, 2.24) is 10.6 Å². The van der Waals surface area contributed by atoms with Crippen molar-refractivity contribution < 1.29 is 18.7 Å². The largest absolute Gasteiger partial charge is 0.465 e. The van der Waals surface area contributed by atoms with Crippen LogP contribution in [0.15, 0.2) is 10.5 Å². The molecule has 6 heteroatoms. The molecule has 2 N–H and O–H groups in total. The molecule has 0 atom stereocenters.